The summed E-state index contributed by atoms with van der Waals surface area (Å²) in [5.74, 6) is 0.161. The van der Waals surface area contributed by atoms with Gasteiger partial charge in [0.1, 0.15) is 23.3 Å². The summed E-state index contributed by atoms with van der Waals surface area (Å²) in [7, 11) is 1.53. The molecule has 37 heavy (non-hydrogen) atoms. The van der Waals surface area contributed by atoms with Crippen LogP contribution in [0.5, 0.6) is 5.75 Å². The molecule has 2 amide bonds. The lowest BCUT2D eigenvalue weighted by Gasteiger charge is -2.29. The highest BCUT2D eigenvalue weighted by atomic mass is 35.5. The van der Waals surface area contributed by atoms with Gasteiger partial charge in [0.2, 0.25) is 5.91 Å². The first-order chi connectivity index (χ1) is 17.8. The van der Waals surface area contributed by atoms with Crippen LogP contribution in [0.15, 0.2) is 18.2 Å². The smallest absolute Gasteiger partial charge is 0.271 e. The first kappa shape index (κ1) is 25.8. The van der Waals surface area contributed by atoms with Crippen molar-refractivity contribution in [2.24, 2.45) is 17.8 Å². The second kappa shape index (κ2) is 10.5. The lowest BCUT2D eigenvalue weighted by atomic mass is 9.91. The summed E-state index contributed by atoms with van der Waals surface area (Å²) < 4.78 is 5.44. The highest BCUT2D eigenvalue weighted by Gasteiger charge is 2.50. The molecule has 0 bridgehead atoms. The third kappa shape index (κ3) is 4.76. The maximum absolute atomic E-state index is 13.8. The van der Waals surface area contributed by atoms with Crippen LogP contribution in [-0.4, -0.2) is 59.0 Å². The van der Waals surface area contributed by atoms with E-state index in [4.69, 9.17) is 16.3 Å². The van der Waals surface area contributed by atoms with Crippen molar-refractivity contribution in [2.75, 3.05) is 13.7 Å². The molecule has 0 unspecified atom stereocenters. The highest BCUT2D eigenvalue weighted by Crippen LogP contribution is 2.43. The molecule has 1 saturated heterocycles. The molecular formula is C28H34ClN3O5. The normalized spacial score (nSPS) is 25.9. The van der Waals surface area contributed by atoms with Crippen LogP contribution in [0, 0.1) is 17.8 Å². The second-order valence-corrected chi connectivity index (χ2v) is 11.1. The van der Waals surface area contributed by atoms with Gasteiger partial charge >= 0.3 is 0 Å². The molecule has 2 aliphatic carbocycles. The van der Waals surface area contributed by atoms with E-state index in [9.17, 15) is 19.2 Å². The van der Waals surface area contributed by atoms with Crippen LogP contribution < -0.4 is 10.1 Å². The fourth-order valence-electron chi connectivity index (χ4n) is 6.67. The summed E-state index contributed by atoms with van der Waals surface area (Å²) in [4.78, 5) is 57.4. The summed E-state index contributed by atoms with van der Waals surface area (Å²) in [6.45, 7) is 2.27. The Kier molecular flexibility index (Phi) is 7.30. The monoisotopic (exact) mass is 527 g/mol. The number of amides is 2. The van der Waals surface area contributed by atoms with Gasteiger partial charge in [-0.3, -0.25) is 19.2 Å². The quantitative estimate of drug-likeness (QED) is 0.532. The number of carbonyl (C=O) groups excluding carboxylic acids is 4. The average Bonchev–Trinajstić information content (AvgIpc) is 3.66. The van der Waals surface area contributed by atoms with E-state index in [0.717, 1.165) is 37.6 Å². The van der Waals surface area contributed by atoms with E-state index in [-0.39, 0.29) is 47.6 Å². The molecule has 1 aromatic heterocycles. The zero-order valence-electron chi connectivity index (χ0n) is 21.3. The topological polar surface area (TPSA) is 109 Å². The number of aromatic amines is 1. The number of rotatable bonds is 8. The molecule has 198 valence electrons. The van der Waals surface area contributed by atoms with E-state index < -0.39 is 12.1 Å². The first-order valence-electron chi connectivity index (χ1n) is 13.3. The van der Waals surface area contributed by atoms with Gasteiger partial charge in [0.05, 0.1) is 18.2 Å². The fraction of sp³-hybridized carbons (Fsp3) is 0.571. The number of hydrogen-bond acceptors (Lipinski definition) is 5. The standard InChI is InChI=1S/C28H34ClN3O5/c1-3-23(33)21(12-15-6-5-9-24(15)34)31-27(35)25-17-8-4-7-16(17)14-32(25)28(36)22-13-18-20(30-22)11-10-19(29)26(18)37-2/h10-11,13,15-17,21,25,30H,3-9,12,14H2,1-2H3,(H,31,35)/t15-,16-,17-,21-,25-/m0/s1. The minimum Gasteiger partial charge on any atom is -0.494 e. The molecule has 9 heteroatoms. The van der Waals surface area contributed by atoms with Gasteiger partial charge in [-0.25, -0.2) is 0 Å². The van der Waals surface area contributed by atoms with E-state index in [2.05, 4.69) is 10.3 Å². The number of methoxy groups -OCH3 is 1. The Bertz CT molecular complexity index is 1240. The molecule has 1 aromatic carbocycles. The molecule has 3 fully saturated rings. The van der Waals surface area contributed by atoms with Crippen LogP contribution >= 0.6 is 11.6 Å². The number of benzene rings is 1. The number of ether oxygens (including phenoxy) is 1. The van der Waals surface area contributed by atoms with Crippen molar-refractivity contribution in [3.63, 3.8) is 0 Å². The molecular weight excluding hydrogens is 494 g/mol. The van der Waals surface area contributed by atoms with Crippen LogP contribution in [0.2, 0.25) is 5.02 Å². The lowest BCUT2D eigenvalue weighted by molar-refractivity contribution is -0.131. The molecule has 3 aliphatic rings. The Morgan fingerprint density at radius 3 is 2.73 bits per heavy atom. The molecule has 8 nitrogen and oxygen atoms in total. The Hall–Kier alpha value is -2.87. The minimum atomic E-state index is -0.707. The third-order valence-electron chi connectivity index (χ3n) is 8.57. The van der Waals surface area contributed by atoms with Crippen molar-refractivity contribution in [3.8, 4) is 5.75 Å². The Morgan fingerprint density at radius 2 is 2.03 bits per heavy atom. The van der Waals surface area contributed by atoms with E-state index in [1.54, 1.807) is 30.0 Å². The van der Waals surface area contributed by atoms with E-state index in [0.29, 0.717) is 41.2 Å². The van der Waals surface area contributed by atoms with Crippen molar-refractivity contribution < 1.29 is 23.9 Å². The van der Waals surface area contributed by atoms with Crippen molar-refractivity contribution in [1.82, 2.24) is 15.2 Å². The fourth-order valence-corrected chi connectivity index (χ4v) is 6.92. The van der Waals surface area contributed by atoms with Gasteiger partial charge in [0.25, 0.3) is 5.91 Å². The molecule has 5 rings (SSSR count). The molecule has 0 radical (unpaired) electrons. The first-order valence-corrected chi connectivity index (χ1v) is 13.7. The highest BCUT2D eigenvalue weighted by molar-refractivity contribution is 6.33. The van der Waals surface area contributed by atoms with Gasteiger partial charge < -0.3 is 19.9 Å². The van der Waals surface area contributed by atoms with Gasteiger partial charge in [-0.05, 0) is 62.1 Å². The number of ketones is 2. The van der Waals surface area contributed by atoms with E-state index in [1.807, 2.05) is 0 Å². The Labute approximate surface area is 221 Å². The van der Waals surface area contributed by atoms with Crippen molar-refractivity contribution in [1.29, 1.82) is 0 Å². The predicted molar refractivity (Wildman–Crippen MR) is 140 cm³/mol. The van der Waals surface area contributed by atoms with Gasteiger partial charge in [-0.1, -0.05) is 24.9 Å². The zero-order valence-corrected chi connectivity index (χ0v) is 22.1. The molecule has 0 spiro atoms. The predicted octanol–water partition coefficient (Wildman–Crippen LogP) is 4.29. The number of nitrogens with zero attached hydrogens (tertiary/aromatic N) is 1. The zero-order chi connectivity index (χ0) is 26.3. The van der Waals surface area contributed by atoms with Crippen LogP contribution in [-0.2, 0) is 14.4 Å². The van der Waals surface area contributed by atoms with E-state index in [1.165, 1.54) is 7.11 Å². The summed E-state index contributed by atoms with van der Waals surface area (Å²) in [6, 6.07) is 3.88. The number of H-pyrrole nitrogens is 1. The van der Waals surface area contributed by atoms with Crippen molar-refractivity contribution in [2.45, 2.75) is 70.4 Å². The Balaban J connectivity index is 1.40. The molecule has 1 aliphatic heterocycles. The lowest BCUT2D eigenvalue weighted by Crippen LogP contribution is -2.53. The van der Waals surface area contributed by atoms with Gasteiger partial charge in [0.15, 0.2) is 5.78 Å². The largest absolute Gasteiger partial charge is 0.494 e. The number of carbonyl (C=O) groups is 4. The molecule has 2 N–H and O–H groups in total. The van der Waals surface area contributed by atoms with Crippen molar-refractivity contribution >= 4 is 45.9 Å². The van der Waals surface area contributed by atoms with Gasteiger partial charge in [-0.2, -0.15) is 0 Å². The maximum atomic E-state index is 13.8. The van der Waals surface area contributed by atoms with Crippen LogP contribution in [0.25, 0.3) is 10.9 Å². The number of likely N-dealkylation sites (tertiary alicyclic amines) is 1. The minimum absolute atomic E-state index is 0.0581. The van der Waals surface area contributed by atoms with Crippen LogP contribution in [0.3, 0.4) is 0 Å². The third-order valence-corrected chi connectivity index (χ3v) is 8.86. The Morgan fingerprint density at radius 1 is 1.22 bits per heavy atom. The average molecular weight is 528 g/mol. The molecule has 5 atom stereocenters. The summed E-state index contributed by atoms with van der Waals surface area (Å²) >= 11 is 6.27. The molecule has 2 aromatic rings. The molecule has 2 heterocycles. The SMILES string of the molecule is CCC(=O)[C@H](C[C@@H]1CCCC1=O)NC(=O)[C@@H]1[C@H]2CCC[C@H]2CN1C(=O)c1cc2c(OC)c(Cl)ccc2[nH]1. The van der Waals surface area contributed by atoms with Crippen LogP contribution in [0.4, 0.5) is 0 Å². The summed E-state index contributed by atoms with van der Waals surface area (Å²) in [5.41, 5.74) is 1.09. The van der Waals surface area contributed by atoms with Gasteiger partial charge in [-0.15, -0.1) is 0 Å². The summed E-state index contributed by atoms with van der Waals surface area (Å²) in [6.07, 6.45) is 5.63. The maximum Gasteiger partial charge on any atom is 0.271 e. The molecule has 2 saturated carbocycles. The number of Topliss-reactive ketones (excluding diaryl/α,β-unsaturated/α-hetero) is 2. The number of halogens is 1. The van der Waals surface area contributed by atoms with Gasteiger partial charge in [0, 0.05) is 36.2 Å². The second-order valence-electron chi connectivity index (χ2n) is 10.7. The number of hydrogen-bond donors (Lipinski definition) is 2. The summed E-state index contributed by atoms with van der Waals surface area (Å²) in [5, 5.41) is 4.13. The number of fused-ring (bicyclic) bond motifs is 2. The van der Waals surface area contributed by atoms with Crippen molar-refractivity contribution in [3.05, 3.63) is 28.9 Å². The number of nitrogens with one attached hydrogen (secondary N) is 2. The van der Waals surface area contributed by atoms with Crippen LogP contribution in [0.1, 0.15) is 68.8 Å². The number of aromatic nitrogens is 1. The van der Waals surface area contributed by atoms with E-state index >= 15 is 0 Å².